The predicted octanol–water partition coefficient (Wildman–Crippen LogP) is 0.529. The van der Waals surface area contributed by atoms with Gasteiger partial charge in [0.15, 0.2) is 6.10 Å². The minimum absolute atomic E-state index is 0.403. The molecule has 5 heteroatoms. The molecule has 0 aliphatic heterocycles. The van der Waals surface area contributed by atoms with E-state index in [1.54, 1.807) is 7.11 Å². The summed E-state index contributed by atoms with van der Waals surface area (Å²) in [5.74, 6) is -0.940. The van der Waals surface area contributed by atoms with E-state index in [-0.39, 0.29) is 0 Å². The highest BCUT2D eigenvalue weighted by atomic mass is 16.5. The standard InChI is InChI=1S/C9H18O5/c1-8(9(10)11)14-5-3-4-13-7-6-12-2/h8H,3-7H2,1-2H3,(H,10,11)/t8-/m1/s1. The summed E-state index contributed by atoms with van der Waals surface area (Å²) in [5.41, 5.74) is 0. The Hall–Kier alpha value is -0.650. The van der Waals surface area contributed by atoms with Crippen molar-refractivity contribution in [1.29, 1.82) is 0 Å². The molecule has 0 heterocycles. The van der Waals surface area contributed by atoms with Crippen LogP contribution < -0.4 is 0 Å². The highest BCUT2D eigenvalue weighted by Crippen LogP contribution is 1.93. The van der Waals surface area contributed by atoms with Gasteiger partial charge in [0.25, 0.3) is 0 Å². The summed E-state index contributed by atoms with van der Waals surface area (Å²) < 4.78 is 14.9. The van der Waals surface area contributed by atoms with Gasteiger partial charge in [-0.1, -0.05) is 0 Å². The molecule has 0 aliphatic carbocycles. The van der Waals surface area contributed by atoms with Gasteiger partial charge in [0.1, 0.15) is 0 Å². The SMILES string of the molecule is COCCOCCCO[C@H](C)C(=O)O. The molecule has 0 spiro atoms. The van der Waals surface area contributed by atoms with Crippen LogP contribution in [0.1, 0.15) is 13.3 Å². The summed E-state index contributed by atoms with van der Waals surface area (Å²) in [6.45, 7) is 3.61. The summed E-state index contributed by atoms with van der Waals surface area (Å²) in [4.78, 5) is 10.3. The number of carboxylic acid groups (broad SMARTS) is 1. The van der Waals surface area contributed by atoms with E-state index in [2.05, 4.69) is 0 Å². The molecule has 0 amide bonds. The third kappa shape index (κ3) is 7.97. The summed E-state index contributed by atoms with van der Waals surface area (Å²) >= 11 is 0. The first-order chi connectivity index (χ1) is 6.68. The van der Waals surface area contributed by atoms with Gasteiger partial charge in [-0.25, -0.2) is 4.79 Å². The molecular formula is C9H18O5. The molecule has 84 valence electrons. The van der Waals surface area contributed by atoms with Crippen LogP contribution in [-0.2, 0) is 19.0 Å². The summed E-state index contributed by atoms with van der Waals surface area (Å²) in [6, 6.07) is 0. The Labute approximate surface area is 84.0 Å². The van der Waals surface area contributed by atoms with Crippen LogP contribution in [0.2, 0.25) is 0 Å². The lowest BCUT2D eigenvalue weighted by molar-refractivity contribution is -0.149. The van der Waals surface area contributed by atoms with Gasteiger partial charge in [-0.2, -0.15) is 0 Å². The second kappa shape index (κ2) is 8.93. The van der Waals surface area contributed by atoms with Crippen molar-refractivity contribution in [2.24, 2.45) is 0 Å². The minimum atomic E-state index is -0.940. The van der Waals surface area contributed by atoms with E-state index in [0.29, 0.717) is 32.8 Å². The highest BCUT2D eigenvalue weighted by molar-refractivity contribution is 5.71. The van der Waals surface area contributed by atoms with E-state index < -0.39 is 12.1 Å². The molecule has 1 N–H and O–H groups in total. The zero-order valence-electron chi connectivity index (χ0n) is 8.69. The monoisotopic (exact) mass is 206 g/mol. The Bertz CT molecular complexity index is 148. The first-order valence-electron chi connectivity index (χ1n) is 4.59. The van der Waals surface area contributed by atoms with Crippen LogP contribution >= 0.6 is 0 Å². The van der Waals surface area contributed by atoms with E-state index in [0.717, 1.165) is 0 Å². The Morgan fingerprint density at radius 1 is 1.29 bits per heavy atom. The van der Waals surface area contributed by atoms with Gasteiger partial charge in [-0.3, -0.25) is 0 Å². The molecule has 0 saturated carbocycles. The molecule has 0 aromatic rings. The van der Waals surface area contributed by atoms with Gasteiger partial charge < -0.3 is 19.3 Å². The van der Waals surface area contributed by atoms with Gasteiger partial charge in [-0.15, -0.1) is 0 Å². The topological polar surface area (TPSA) is 65.0 Å². The van der Waals surface area contributed by atoms with Crippen LogP contribution in [0.5, 0.6) is 0 Å². The number of aliphatic carboxylic acids is 1. The Morgan fingerprint density at radius 3 is 2.57 bits per heavy atom. The second-order valence-corrected chi connectivity index (χ2v) is 2.81. The van der Waals surface area contributed by atoms with Gasteiger partial charge >= 0.3 is 5.97 Å². The number of carbonyl (C=O) groups is 1. The molecule has 0 unspecified atom stereocenters. The summed E-state index contributed by atoms with van der Waals surface area (Å²) in [7, 11) is 1.61. The van der Waals surface area contributed by atoms with Crippen molar-refractivity contribution in [3.05, 3.63) is 0 Å². The maximum atomic E-state index is 10.3. The molecule has 0 aliphatic rings. The third-order valence-electron chi connectivity index (χ3n) is 1.58. The van der Waals surface area contributed by atoms with Crippen LogP contribution in [0.25, 0.3) is 0 Å². The number of hydrogen-bond donors (Lipinski definition) is 1. The van der Waals surface area contributed by atoms with Crippen molar-refractivity contribution in [2.75, 3.05) is 33.5 Å². The lowest BCUT2D eigenvalue weighted by Gasteiger charge is -2.08. The van der Waals surface area contributed by atoms with Crippen LogP contribution in [0.4, 0.5) is 0 Å². The molecular weight excluding hydrogens is 188 g/mol. The average Bonchev–Trinajstić information content (AvgIpc) is 2.16. The lowest BCUT2D eigenvalue weighted by atomic mass is 10.4. The molecule has 1 atom stereocenters. The van der Waals surface area contributed by atoms with E-state index >= 15 is 0 Å². The molecule has 0 fully saturated rings. The fraction of sp³-hybridized carbons (Fsp3) is 0.889. The maximum Gasteiger partial charge on any atom is 0.332 e. The molecule has 0 saturated heterocycles. The zero-order chi connectivity index (χ0) is 10.8. The van der Waals surface area contributed by atoms with Crippen molar-refractivity contribution in [3.8, 4) is 0 Å². The molecule has 0 bridgehead atoms. The normalized spacial score (nSPS) is 12.7. The predicted molar refractivity (Wildman–Crippen MR) is 50.4 cm³/mol. The molecule has 0 aromatic carbocycles. The average molecular weight is 206 g/mol. The Balaban J connectivity index is 3.09. The number of hydrogen-bond acceptors (Lipinski definition) is 4. The molecule has 14 heavy (non-hydrogen) atoms. The first kappa shape index (κ1) is 13.4. The number of methoxy groups -OCH3 is 1. The van der Waals surface area contributed by atoms with E-state index in [1.807, 2.05) is 0 Å². The van der Waals surface area contributed by atoms with Crippen molar-refractivity contribution >= 4 is 5.97 Å². The van der Waals surface area contributed by atoms with Crippen molar-refractivity contribution in [3.63, 3.8) is 0 Å². The van der Waals surface area contributed by atoms with Crippen molar-refractivity contribution < 1.29 is 24.1 Å². The fourth-order valence-electron chi connectivity index (χ4n) is 0.737. The number of carboxylic acids is 1. The summed E-state index contributed by atoms with van der Waals surface area (Å²) in [6.07, 6.45) is -0.0459. The van der Waals surface area contributed by atoms with Crippen LogP contribution in [0, 0.1) is 0 Å². The fourth-order valence-corrected chi connectivity index (χ4v) is 0.737. The van der Waals surface area contributed by atoms with Crippen LogP contribution in [0.15, 0.2) is 0 Å². The maximum absolute atomic E-state index is 10.3. The largest absolute Gasteiger partial charge is 0.479 e. The highest BCUT2D eigenvalue weighted by Gasteiger charge is 2.09. The van der Waals surface area contributed by atoms with Crippen molar-refractivity contribution in [2.45, 2.75) is 19.4 Å². The first-order valence-corrected chi connectivity index (χ1v) is 4.59. The number of rotatable bonds is 9. The third-order valence-corrected chi connectivity index (χ3v) is 1.58. The Kier molecular flexibility index (Phi) is 8.51. The van der Waals surface area contributed by atoms with Gasteiger partial charge in [-0.05, 0) is 13.3 Å². The zero-order valence-corrected chi connectivity index (χ0v) is 8.69. The quantitative estimate of drug-likeness (QED) is 0.557. The van der Waals surface area contributed by atoms with Crippen LogP contribution in [0.3, 0.4) is 0 Å². The van der Waals surface area contributed by atoms with E-state index in [1.165, 1.54) is 6.92 Å². The molecule has 0 aromatic heterocycles. The van der Waals surface area contributed by atoms with Crippen molar-refractivity contribution in [1.82, 2.24) is 0 Å². The molecule has 0 radical (unpaired) electrons. The lowest BCUT2D eigenvalue weighted by Crippen LogP contribution is -2.20. The minimum Gasteiger partial charge on any atom is -0.479 e. The smallest absolute Gasteiger partial charge is 0.332 e. The van der Waals surface area contributed by atoms with Gasteiger partial charge in [0.05, 0.1) is 13.2 Å². The Morgan fingerprint density at radius 2 is 2.00 bits per heavy atom. The number of ether oxygens (including phenoxy) is 3. The van der Waals surface area contributed by atoms with Crippen LogP contribution in [-0.4, -0.2) is 50.7 Å². The molecule has 5 nitrogen and oxygen atoms in total. The van der Waals surface area contributed by atoms with E-state index in [4.69, 9.17) is 19.3 Å². The van der Waals surface area contributed by atoms with Gasteiger partial charge in [0.2, 0.25) is 0 Å². The summed E-state index contributed by atoms with van der Waals surface area (Å²) in [5, 5.41) is 8.48. The van der Waals surface area contributed by atoms with Gasteiger partial charge in [0, 0.05) is 20.3 Å². The second-order valence-electron chi connectivity index (χ2n) is 2.81. The van der Waals surface area contributed by atoms with E-state index in [9.17, 15) is 4.79 Å². The molecule has 0 rings (SSSR count).